The number of hydrogen-bond acceptors (Lipinski definition) is 2. The van der Waals surface area contributed by atoms with E-state index in [0.29, 0.717) is 0 Å². The molecule has 19 heavy (non-hydrogen) atoms. The monoisotopic (exact) mass is 257 g/mol. The van der Waals surface area contributed by atoms with E-state index in [1.54, 1.807) is 0 Å². The van der Waals surface area contributed by atoms with E-state index < -0.39 is 6.03 Å². The Morgan fingerprint density at radius 3 is 2.84 bits per heavy atom. The lowest BCUT2D eigenvalue weighted by Crippen LogP contribution is -2.28. The molecule has 2 aromatic rings. The number of guanidine groups is 1. The average molecular weight is 257 g/mol. The maximum atomic E-state index is 11.3. The molecule has 0 saturated heterocycles. The Kier molecular flexibility index (Phi) is 3.61. The highest BCUT2D eigenvalue weighted by Gasteiger charge is 2.05. The molecule has 0 radical (unpaired) electrons. The van der Waals surface area contributed by atoms with E-state index in [2.05, 4.69) is 15.3 Å². The van der Waals surface area contributed by atoms with Crippen molar-refractivity contribution in [3.63, 3.8) is 0 Å². The van der Waals surface area contributed by atoms with Crippen molar-refractivity contribution in [2.75, 3.05) is 0 Å². The van der Waals surface area contributed by atoms with Crippen LogP contribution in [0.4, 0.5) is 4.79 Å². The molecule has 0 aliphatic rings. The lowest BCUT2D eigenvalue weighted by atomic mass is 10.1. The Morgan fingerprint density at radius 1 is 1.37 bits per heavy atom. The molecule has 1 aromatic carbocycles. The molecule has 6 heteroatoms. The average Bonchev–Trinajstić information content (AvgIpc) is 2.35. The molecule has 2 amide bonds. The van der Waals surface area contributed by atoms with Crippen molar-refractivity contribution in [2.45, 2.75) is 13.5 Å². The van der Waals surface area contributed by atoms with Crippen molar-refractivity contribution in [1.29, 1.82) is 0 Å². The Bertz CT molecular complexity index is 647. The predicted octanol–water partition coefficient (Wildman–Crippen LogP) is 1.03. The second-order valence-electron chi connectivity index (χ2n) is 4.14. The Balaban J connectivity index is 2.19. The van der Waals surface area contributed by atoms with E-state index in [1.807, 2.05) is 37.3 Å². The zero-order valence-corrected chi connectivity index (χ0v) is 10.6. The number of aliphatic imine (C=N–C) groups is 1. The minimum Gasteiger partial charge on any atom is -0.370 e. The van der Waals surface area contributed by atoms with E-state index in [0.717, 1.165) is 22.2 Å². The molecule has 0 saturated carbocycles. The number of fused-ring (bicyclic) bond motifs is 1. The summed E-state index contributed by atoms with van der Waals surface area (Å²) in [6.07, 6.45) is 0. The lowest BCUT2D eigenvalue weighted by molar-refractivity contribution is 0.249. The second kappa shape index (κ2) is 5.34. The molecule has 0 fully saturated rings. The van der Waals surface area contributed by atoms with Gasteiger partial charge in [-0.2, -0.15) is 4.99 Å². The summed E-state index contributed by atoms with van der Waals surface area (Å²) in [5.41, 5.74) is 12.9. The maximum Gasteiger partial charge on any atom is 0.344 e. The third kappa shape index (κ3) is 3.19. The number of aryl methyl sites for hydroxylation is 1. The lowest BCUT2D eigenvalue weighted by Gasteiger charge is -2.07. The van der Waals surface area contributed by atoms with Crippen LogP contribution in [0.25, 0.3) is 10.9 Å². The molecule has 98 valence electrons. The summed E-state index contributed by atoms with van der Waals surface area (Å²) in [6.45, 7) is 2.23. The van der Waals surface area contributed by atoms with Gasteiger partial charge in [0.05, 0.1) is 17.8 Å². The van der Waals surface area contributed by atoms with E-state index in [4.69, 9.17) is 11.5 Å². The van der Waals surface area contributed by atoms with Gasteiger partial charge in [-0.25, -0.2) is 4.79 Å². The molecule has 6 nitrogen and oxygen atoms in total. The number of benzene rings is 1. The van der Waals surface area contributed by atoms with Crippen LogP contribution >= 0.6 is 0 Å². The number of aromatic nitrogens is 1. The maximum absolute atomic E-state index is 11.3. The van der Waals surface area contributed by atoms with Crippen molar-refractivity contribution in [1.82, 2.24) is 10.3 Å². The Labute approximate surface area is 110 Å². The zero-order valence-electron chi connectivity index (χ0n) is 10.6. The molecule has 1 heterocycles. The fourth-order valence-corrected chi connectivity index (χ4v) is 1.76. The molecule has 0 bridgehead atoms. The van der Waals surface area contributed by atoms with Crippen LogP contribution in [0.2, 0.25) is 0 Å². The fraction of sp³-hybridized carbons (Fsp3) is 0.154. The van der Waals surface area contributed by atoms with Crippen molar-refractivity contribution in [3.8, 4) is 0 Å². The van der Waals surface area contributed by atoms with E-state index in [9.17, 15) is 4.79 Å². The standard InChI is InChI=1S/C13H15N5O/c1-8-6-9-4-2-3-5-10(9)17-11(8)7-16-13(19)18-12(14)15/h2-6H,7H2,1H3,(H5,14,15,16,18,19). The topological polar surface area (TPSA) is 106 Å². The number of rotatable bonds is 2. The molecule has 1 aromatic heterocycles. The summed E-state index contributed by atoms with van der Waals surface area (Å²) in [7, 11) is 0. The molecule has 0 aliphatic carbocycles. The number of carbonyl (C=O) groups excluding carboxylic acids is 1. The quantitative estimate of drug-likeness (QED) is 0.551. The molecule has 2 rings (SSSR count). The van der Waals surface area contributed by atoms with Gasteiger partial charge in [-0.3, -0.25) is 4.98 Å². The number of carbonyl (C=O) groups is 1. The Morgan fingerprint density at radius 2 is 2.11 bits per heavy atom. The number of pyridine rings is 1. The summed E-state index contributed by atoms with van der Waals surface area (Å²) in [6, 6.07) is 9.27. The van der Waals surface area contributed by atoms with E-state index in [-0.39, 0.29) is 12.5 Å². The van der Waals surface area contributed by atoms with Gasteiger partial charge in [-0.15, -0.1) is 0 Å². The van der Waals surface area contributed by atoms with Crippen LogP contribution in [0.5, 0.6) is 0 Å². The molecule has 0 atom stereocenters. The first-order valence-electron chi connectivity index (χ1n) is 5.79. The molecular formula is C13H15N5O. The summed E-state index contributed by atoms with van der Waals surface area (Å²) >= 11 is 0. The SMILES string of the molecule is Cc1cc2ccccc2nc1CNC(=O)N=C(N)N. The normalized spacial score (nSPS) is 10.2. The van der Waals surface area contributed by atoms with Gasteiger partial charge in [0.15, 0.2) is 5.96 Å². The van der Waals surface area contributed by atoms with Gasteiger partial charge in [0.2, 0.25) is 0 Å². The fourth-order valence-electron chi connectivity index (χ4n) is 1.76. The molecule has 0 unspecified atom stereocenters. The number of para-hydroxylation sites is 1. The number of amides is 2. The van der Waals surface area contributed by atoms with Crippen LogP contribution in [0.3, 0.4) is 0 Å². The van der Waals surface area contributed by atoms with Crippen LogP contribution < -0.4 is 16.8 Å². The smallest absolute Gasteiger partial charge is 0.344 e. The molecular weight excluding hydrogens is 242 g/mol. The third-order valence-corrected chi connectivity index (χ3v) is 2.66. The van der Waals surface area contributed by atoms with Crippen molar-refractivity contribution >= 4 is 22.9 Å². The Hall–Kier alpha value is -2.63. The van der Waals surface area contributed by atoms with Gasteiger partial charge < -0.3 is 16.8 Å². The van der Waals surface area contributed by atoms with Gasteiger partial charge in [0.25, 0.3) is 0 Å². The largest absolute Gasteiger partial charge is 0.370 e. The predicted molar refractivity (Wildman–Crippen MR) is 74.5 cm³/mol. The second-order valence-corrected chi connectivity index (χ2v) is 4.14. The highest BCUT2D eigenvalue weighted by Crippen LogP contribution is 2.15. The van der Waals surface area contributed by atoms with E-state index in [1.165, 1.54) is 0 Å². The highest BCUT2D eigenvalue weighted by atomic mass is 16.2. The minimum absolute atomic E-state index is 0.263. The first-order valence-corrected chi connectivity index (χ1v) is 5.79. The van der Waals surface area contributed by atoms with Gasteiger partial charge >= 0.3 is 6.03 Å². The summed E-state index contributed by atoms with van der Waals surface area (Å²) in [4.78, 5) is 19.2. The molecule has 0 spiro atoms. The highest BCUT2D eigenvalue weighted by molar-refractivity contribution is 5.90. The number of nitrogens with one attached hydrogen (secondary N) is 1. The van der Waals surface area contributed by atoms with Crippen LogP contribution in [-0.2, 0) is 6.54 Å². The van der Waals surface area contributed by atoms with Crippen LogP contribution in [0, 0.1) is 6.92 Å². The van der Waals surface area contributed by atoms with Crippen molar-refractivity contribution in [2.24, 2.45) is 16.5 Å². The molecule has 0 aliphatic heterocycles. The number of nitrogens with zero attached hydrogens (tertiary/aromatic N) is 2. The number of nitrogens with two attached hydrogens (primary N) is 2. The van der Waals surface area contributed by atoms with Gasteiger partial charge in [-0.05, 0) is 24.6 Å². The van der Waals surface area contributed by atoms with Crippen molar-refractivity contribution in [3.05, 3.63) is 41.6 Å². The van der Waals surface area contributed by atoms with Crippen LogP contribution in [-0.4, -0.2) is 17.0 Å². The zero-order chi connectivity index (χ0) is 13.8. The number of hydrogen-bond donors (Lipinski definition) is 3. The molecule has 5 N–H and O–H groups in total. The van der Waals surface area contributed by atoms with Crippen LogP contribution in [0.1, 0.15) is 11.3 Å². The first-order chi connectivity index (χ1) is 9.06. The van der Waals surface area contributed by atoms with Gasteiger partial charge in [-0.1, -0.05) is 18.2 Å². The van der Waals surface area contributed by atoms with Crippen molar-refractivity contribution < 1.29 is 4.79 Å². The van der Waals surface area contributed by atoms with Gasteiger partial charge in [0.1, 0.15) is 0 Å². The number of urea groups is 1. The summed E-state index contributed by atoms with van der Waals surface area (Å²) < 4.78 is 0. The summed E-state index contributed by atoms with van der Waals surface area (Å²) in [5, 5.41) is 3.66. The minimum atomic E-state index is -0.575. The third-order valence-electron chi connectivity index (χ3n) is 2.66. The van der Waals surface area contributed by atoms with Gasteiger partial charge in [0, 0.05) is 5.39 Å². The summed E-state index contributed by atoms with van der Waals surface area (Å²) in [5.74, 6) is -0.263. The first kappa shape index (κ1) is 12.8. The van der Waals surface area contributed by atoms with E-state index >= 15 is 0 Å². The van der Waals surface area contributed by atoms with Crippen LogP contribution in [0.15, 0.2) is 35.3 Å².